The van der Waals surface area contributed by atoms with E-state index < -0.39 is 23.5 Å². The van der Waals surface area contributed by atoms with E-state index >= 15 is 0 Å². The third kappa shape index (κ3) is 4.16. The van der Waals surface area contributed by atoms with Gasteiger partial charge < -0.3 is 24.7 Å². The van der Waals surface area contributed by atoms with Crippen LogP contribution in [-0.4, -0.2) is 66.0 Å². The molecule has 2 N–H and O–H groups in total. The maximum Gasteiger partial charge on any atom is 0.295 e. The predicted molar refractivity (Wildman–Crippen MR) is 113 cm³/mol. The Morgan fingerprint density at radius 3 is 2.43 bits per heavy atom. The zero-order valence-corrected chi connectivity index (χ0v) is 17.3. The highest BCUT2D eigenvalue weighted by molar-refractivity contribution is 6.46. The van der Waals surface area contributed by atoms with Gasteiger partial charge in [0.15, 0.2) is 0 Å². The van der Waals surface area contributed by atoms with Crippen molar-refractivity contribution < 1.29 is 24.5 Å². The molecule has 0 saturated carbocycles. The smallest absolute Gasteiger partial charge is 0.295 e. The van der Waals surface area contributed by atoms with Crippen molar-refractivity contribution in [2.24, 2.45) is 0 Å². The summed E-state index contributed by atoms with van der Waals surface area (Å²) in [6, 6.07) is 12.8. The minimum atomic E-state index is -0.763. The molecule has 0 bridgehead atoms. The molecule has 2 aromatic carbocycles. The molecule has 0 aliphatic carbocycles. The van der Waals surface area contributed by atoms with Gasteiger partial charge in [-0.2, -0.15) is 0 Å². The summed E-state index contributed by atoms with van der Waals surface area (Å²) < 4.78 is 5.07. The Bertz CT molecular complexity index is 969. The first-order valence-corrected chi connectivity index (χ1v) is 9.70. The minimum Gasteiger partial charge on any atom is -0.507 e. The molecule has 158 valence electrons. The van der Waals surface area contributed by atoms with Crippen LogP contribution in [0.15, 0.2) is 54.1 Å². The van der Waals surface area contributed by atoms with Crippen molar-refractivity contribution in [2.45, 2.75) is 12.5 Å². The van der Waals surface area contributed by atoms with E-state index in [-0.39, 0.29) is 16.9 Å². The Morgan fingerprint density at radius 1 is 1.13 bits per heavy atom. The summed E-state index contributed by atoms with van der Waals surface area (Å²) in [6.45, 7) is 1.12. The number of hydrogen-bond acceptors (Lipinski definition) is 6. The topological polar surface area (TPSA) is 90.3 Å². The Balaban J connectivity index is 2.09. The molecule has 1 heterocycles. The SMILES string of the molecule is COc1ccc(/C(O)=C2/C(=O)C(=O)N(CCCN(C)C)C2c2ccccc2)c(O)c1. The zero-order chi connectivity index (χ0) is 21.8. The molecule has 1 amide bonds. The molecule has 7 heteroatoms. The number of carbonyl (C=O) groups is 2. The van der Waals surface area contributed by atoms with Gasteiger partial charge in [-0.1, -0.05) is 30.3 Å². The molecule has 0 radical (unpaired) electrons. The van der Waals surface area contributed by atoms with Gasteiger partial charge in [0.2, 0.25) is 0 Å². The summed E-state index contributed by atoms with van der Waals surface area (Å²) >= 11 is 0. The highest BCUT2D eigenvalue weighted by Gasteiger charge is 2.45. The number of likely N-dealkylation sites (tertiary alicyclic amines) is 1. The summed E-state index contributed by atoms with van der Waals surface area (Å²) in [5.41, 5.74) is 0.760. The fourth-order valence-electron chi connectivity index (χ4n) is 3.63. The number of aromatic hydroxyl groups is 1. The van der Waals surface area contributed by atoms with Gasteiger partial charge in [-0.3, -0.25) is 9.59 Å². The van der Waals surface area contributed by atoms with E-state index in [9.17, 15) is 19.8 Å². The van der Waals surface area contributed by atoms with Crippen LogP contribution in [0.5, 0.6) is 11.5 Å². The second-order valence-corrected chi connectivity index (χ2v) is 7.44. The van der Waals surface area contributed by atoms with Crippen molar-refractivity contribution in [1.82, 2.24) is 9.80 Å². The quantitative estimate of drug-likeness (QED) is 0.414. The summed E-state index contributed by atoms with van der Waals surface area (Å²) in [4.78, 5) is 29.2. The number of methoxy groups -OCH3 is 1. The second-order valence-electron chi connectivity index (χ2n) is 7.44. The Kier molecular flexibility index (Phi) is 6.42. The molecule has 1 aliphatic heterocycles. The molecule has 1 aliphatic rings. The maximum atomic E-state index is 12.9. The van der Waals surface area contributed by atoms with Crippen LogP contribution in [0.25, 0.3) is 5.76 Å². The van der Waals surface area contributed by atoms with E-state index in [0.29, 0.717) is 18.7 Å². The molecular weight excluding hydrogens is 384 g/mol. The van der Waals surface area contributed by atoms with E-state index in [4.69, 9.17) is 4.74 Å². The summed E-state index contributed by atoms with van der Waals surface area (Å²) in [7, 11) is 5.34. The Labute approximate surface area is 175 Å². The number of amides is 1. The maximum absolute atomic E-state index is 12.9. The van der Waals surface area contributed by atoms with Crippen LogP contribution in [0.2, 0.25) is 0 Å². The van der Waals surface area contributed by atoms with Crippen molar-refractivity contribution in [3.05, 3.63) is 65.2 Å². The number of phenolic OH excluding ortho intramolecular Hbond substituents is 1. The largest absolute Gasteiger partial charge is 0.507 e. The van der Waals surface area contributed by atoms with Gasteiger partial charge in [-0.25, -0.2) is 0 Å². The number of benzene rings is 2. The normalized spacial score (nSPS) is 18.3. The summed E-state index contributed by atoms with van der Waals surface area (Å²) in [5, 5.41) is 21.3. The van der Waals surface area contributed by atoms with Gasteiger partial charge in [0, 0.05) is 12.6 Å². The lowest BCUT2D eigenvalue weighted by Gasteiger charge is -2.26. The van der Waals surface area contributed by atoms with Crippen LogP contribution in [-0.2, 0) is 9.59 Å². The molecule has 0 spiro atoms. The number of carbonyl (C=O) groups excluding carboxylic acids is 2. The van der Waals surface area contributed by atoms with E-state index in [0.717, 1.165) is 12.1 Å². The number of aliphatic hydroxyl groups excluding tert-OH is 1. The molecule has 7 nitrogen and oxygen atoms in total. The van der Waals surface area contributed by atoms with E-state index in [1.807, 2.05) is 49.3 Å². The summed E-state index contributed by atoms with van der Waals surface area (Å²) in [5.74, 6) is -1.65. The monoisotopic (exact) mass is 410 g/mol. The predicted octanol–water partition coefficient (Wildman–Crippen LogP) is 2.77. The van der Waals surface area contributed by atoms with E-state index in [2.05, 4.69) is 0 Å². The first-order chi connectivity index (χ1) is 14.3. The van der Waals surface area contributed by atoms with Gasteiger partial charge in [-0.05, 0) is 44.8 Å². The molecule has 1 unspecified atom stereocenters. The average Bonchev–Trinajstić information content (AvgIpc) is 2.98. The standard InChI is InChI=1S/C23H26N2O5/c1-24(2)12-7-13-25-20(15-8-5-4-6-9-15)19(22(28)23(25)29)21(27)17-11-10-16(30-3)14-18(17)26/h4-6,8-11,14,20,26-27H,7,12-13H2,1-3H3/b21-19-. The fourth-order valence-corrected chi connectivity index (χ4v) is 3.63. The number of nitrogens with zero attached hydrogens (tertiary/aromatic N) is 2. The molecule has 2 aromatic rings. The van der Waals surface area contributed by atoms with Gasteiger partial charge in [-0.15, -0.1) is 0 Å². The van der Waals surface area contributed by atoms with Gasteiger partial charge >= 0.3 is 0 Å². The number of hydrogen-bond donors (Lipinski definition) is 2. The third-order valence-electron chi connectivity index (χ3n) is 5.12. The van der Waals surface area contributed by atoms with E-state index in [1.54, 1.807) is 6.07 Å². The van der Waals surface area contributed by atoms with Crippen molar-refractivity contribution >= 4 is 17.4 Å². The molecule has 1 fully saturated rings. The first kappa shape index (κ1) is 21.4. The van der Waals surface area contributed by atoms with Crippen LogP contribution in [0.3, 0.4) is 0 Å². The Morgan fingerprint density at radius 2 is 1.83 bits per heavy atom. The fraction of sp³-hybridized carbons (Fsp3) is 0.304. The van der Waals surface area contributed by atoms with Crippen molar-refractivity contribution in [1.29, 1.82) is 0 Å². The van der Waals surface area contributed by atoms with Crippen molar-refractivity contribution in [2.75, 3.05) is 34.3 Å². The number of Topliss-reactive ketones (excluding diaryl/α,β-unsaturated/α-hetero) is 1. The molecule has 1 saturated heterocycles. The number of aliphatic hydroxyl groups is 1. The summed E-state index contributed by atoms with van der Waals surface area (Å²) in [6.07, 6.45) is 0.678. The van der Waals surface area contributed by atoms with Crippen LogP contribution in [0.4, 0.5) is 0 Å². The van der Waals surface area contributed by atoms with Gasteiger partial charge in [0.25, 0.3) is 11.7 Å². The highest BCUT2D eigenvalue weighted by Crippen LogP contribution is 2.41. The van der Waals surface area contributed by atoms with Gasteiger partial charge in [0.05, 0.1) is 24.3 Å². The van der Waals surface area contributed by atoms with Crippen LogP contribution in [0, 0.1) is 0 Å². The first-order valence-electron chi connectivity index (χ1n) is 9.70. The lowest BCUT2D eigenvalue weighted by atomic mass is 9.95. The zero-order valence-electron chi connectivity index (χ0n) is 17.3. The van der Waals surface area contributed by atoms with Crippen LogP contribution < -0.4 is 4.74 Å². The lowest BCUT2D eigenvalue weighted by molar-refractivity contribution is -0.139. The second kappa shape index (κ2) is 9.00. The Hall–Kier alpha value is -3.32. The lowest BCUT2D eigenvalue weighted by Crippen LogP contribution is -2.32. The number of ether oxygens (including phenoxy) is 1. The highest BCUT2D eigenvalue weighted by atomic mass is 16.5. The molecular formula is C23H26N2O5. The van der Waals surface area contributed by atoms with Crippen molar-refractivity contribution in [3.63, 3.8) is 0 Å². The number of ketones is 1. The molecule has 3 rings (SSSR count). The molecule has 30 heavy (non-hydrogen) atoms. The molecule has 0 aromatic heterocycles. The number of phenols is 1. The number of rotatable bonds is 7. The van der Waals surface area contributed by atoms with Crippen LogP contribution in [0.1, 0.15) is 23.6 Å². The molecule has 1 atom stereocenters. The minimum absolute atomic E-state index is 0.0310. The van der Waals surface area contributed by atoms with Gasteiger partial charge in [0.1, 0.15) is 17.3 Å². The van der Waals surface area contributed by atoms with Crippen molar-refractivity contribution in [3.8, 4) is 11.5 Å². The van der Waals surface area contributed by atoms with E-state index in [1.165, 1.54) is 24.1 Å². The average molecular weight is 410 g/mol. The van der Waals surface area contributed by atoms with Crippen LogP contribution >= 0.6 is 0 Å². The third-order valence-corrected chi connectivity index (χ3v) is 5.12.